The van der Waals surface area contributed by atoms with Crippen molar-refractivity contribution in [1.29, 1.82) is 0 Å². The van der Waals surface area contributed by atoms with Crippen molar-refractivity contribution >= 4 is 22.8 Å². The minimum absolute atomic E-state index is 0.268. The van der Waals surface area contributed by atoms with E-state index in [4.69, 9.17) is 14.5 Å². The Morgan fingerprint density at radius 2 is 2.06 bits per heavy atom. The fourth-order valence-corrected chi connectivity index (χ4v) is 5.71. The van der Waals surface area contributed by atoms with E-state index in [0.717, 1.165) is 79.0 Å². The molecule has 0 bridgehead atoms. The number of anilines is 1. The van der Waals surface area contributed by atoms with Gasteiger partial charge in [-0.1, -0.05) is 23.8 Å². The number of piperidine rings is 2. The molecule has 4 heterocycles. The second-order valence-electron chi connectivity index (χ2n) is 9.69. The number of hydrogen-bond acceptors (Lipinski definition) is 6. The number of hydrogen-bond donors (Lipinski definition) is 0. The monoisotopic (exact) mass is 456 g/mol. The molecule has 3 aliphatic rings. The lowest BCUT2D eigenvalue weighted by atomic mass is 9.71. The number of carbonyl (C=O) groups is 1. The molecule has 1 spiro atoms. The zero-order valence-corrected chi connectivity index (χ0v) is 19.5. The Labute approximate surface area is 199 Å². The topological polar surface area (TPSA) is 67.8 Å². The Morgan fingerprint density at radius 3 is 2.94 bits per heavy atom. The van der Waals surface area contributed by atoms with E-state index in [0.29, 0.717) is 13.2 Å². The van der Waals surface area contributed by atoms with Crippen LogP contribution in [0.15, 0.2) is 30.5 Å². The highest BCUT2D eigenvalue weighted by molar-refractivity contribution is 5.84. The number of amides is 1. The molecule has 1 aromatic heterocycles. The summed E-state index contributed by atoms with van der Waals surface area (Å²) in [6.07, 6.45) is 5.49. The van der Waals surface area contributed by atoms with E-state index >= 15 is 0 Å². The first kappa shape index (κ1) is 21.2. The summed E-state index contributed by atoms with van der Waals surface area (Å²) < 4.78 is 11.3. The van der Waals surface area contributed by atoms with Crippen LogP contribution in [-0.4, -0.2) is 47.2 Å². The third-order valence-electron chi connectivity index (χ3n) is 7.46. The zero-order valence-electron chi connectivity index (χ0n) is 19.5. The van der Waals surface area contributed by atoms with Crippen LogP contribution >= 0.6 is 0 Å². The van der Waals surface area contributed by atoms with Crippen molar-refractivity contribution in [2.24, 2.45) is 5.41 Å². The quantitative estimate of drug-likeness (QED) is 0.597. The van der Waals surface area contributed by atoms with Crippen LogP contribution in [0.3, 0.4) is 0 Å². The molecule has 0 aliphatic carbocycles. The average molecular weight is 457 g/mol. The maximum atomic E-state index is 13.8. The maximum Gasteiger partial charge on any atom is 0.229 e. The first-order chi connectivity index (χ1) is 16.6. The molecule has 3 aliphatic heterocycles. The molecule has 0 N–H and O–H groups in total. The maximum absolute atomic E-state index is 13.8. The Hall–Kier alpha value is -3.37. The first-order valence-corrected chi connectivity index (χ1v) is 12.0. The van der Waals surface area contributed by atoms with E-state index in [9.17, 15) is 4.79 Å². The van der Waals surface area contributed by atoms with Crippen molar-refractivity contribution in [3.05, 3.63) is 59.3 Å². The molecule has 0 atom stereocenters. The lowest BCUT2D eigenvalue weighted by Gasteiger charge is -2.46. The highest BCUT2D eigenvalue weighted by atomic mass is 16.7. The summed E-state index contributed by atoms with van der Waals surface area (Å²) in [5.74, 6) is 2.03. The standard InChI is InChI=1S/C27H28N4O3/c1-19-13-20(25-21(14-19)17-33-18-34-25)16-31-10-4-7-27(26(31)32)8-11-30(12-9-27)24-15-28-22-5-2-3-6-23(22)29-24/h2,5,13-15H,4,7-12,16-18H2,1H3. The predicted molar refractivity (Wildman–Crippen MR) is 127 cm³/mol. The summed E-state index contributed by atoms with van der Waals surface area (Å²) in [6, 6.07) is 13.9. The molecular weight excluding hydrogens is 428 g/mol. The predicted octanol–water partition coefficient (Wildman–Crippen LogP) is 3.81. The van der Waals surface area contributed by atoms with Crippen LogP contribution in [0.2, 0.25) is 0 Å². The molecule has 0 saturated carbocycles. The van der Waals surface area contributed by atoms with E-state index in [-0.39, 0.29) is 18.1 Å². The molecule has 0 unspecified atom stereocenters. The Bertz CT molecular complexity index is 1240. The van der Waals surface area contributed by atoms with E-state index in [1.807, 2.05) is 17.2 Å². The number of benzene rings is 1. The molecule has 174 valence electrons. The van der Waals surface area contributed by atoms with E-state index < -0.39 is 0 Å². The van der Waals surface area contributed by atoms with Gasteiger partial charge in [-0.2, -0.15) is 0 Å². The third-order valence-corrected chi connectivity index (χ3v) is 7.46. The highest BCUT2D eigenvalue weighted by Crippen LogP contribution is 2.42. The third kappa shape index (κ3) is 3.72. The summed E-state index contributed by atoms with van der Waals surface area (Å²) in [7, 11) is 0. The van der Waals surface area contributed by atoms with Gasteiger partial charge in [0.1, 0.15) is 17.1 Å². The van der Waals surface area contributed by atoms with Gasteiger partial charge in [-0.15, -0.1) is 0 Å². The molecular formula is C27H28N4O3. The highest BCUT2D eigenvalue weighted by Gasteiger charge is 2.46. The van der Waals surface area contributed by atoms with Crippen LogP contribution in [0.25, 0.3) is 11.0 Å². The number of rotatable bonds is 3. The van der Waals surface area contributed by atoms with Gasteiger partial charge in [-0.25, -0.2) is 4.98 Å². The molecule has 6 rings (SSSR count). The van der Waals surface area contributed by atoms with Crippen molar-refractivity contribution < 1.29 is 14.3 Å². The second-order valence-corrected chi connectivity index (χ2v) is 9.69. The van der Waals surface area contributed by atoms with Gasteiger partial charge in [-0.05, 0) is 50.8 Å². The van der Waals surface area contributed by atoms with E-state index in [1.54, 1.807) is 6.07 Å². The van der Waals surface area contributed by atoms with Gasteiger partial charge >= 0.3 is 0 Å². The van der Waals surface area contributed by atoms with Crippen LogP contribution in [0.1, 0.15) is 42.4 Å². The molecule has 0 radical (unpaired) electrons. The number of aromatic nitrogens is 2. The van der Waals surface area contributed by atoms with E-state index in [1.165, 1.54) is 5.56 Å². The van der Waals surface area contributed by atoms with Crippen LogP contribution in [0, 0.1) is 24.5 Å². The van der Waals surface area contributed by atoms with Gasteiger partial charge in [0.05, 0.1) is 23.7 Å². The molecule has 34 heavy (non-hydrogen) atoms. The lowest BCUT2D eigenvalue weighted by molar-refractivity contribution is -0.148. The molecule has 7 heteroatoms. The number of ether oxygens (including phenoxy) is 2. The van der Waals surface area contributed by atoms with Gasteiger partial charge in [0.25, 0.3) is 0 Å². The summed E-state index contributed by atoms with van der Waals surface area (Å²) in [5.41, 5.74) is 4.59. The fraction of sp³-hybridized carbons (Fsp3) is 0.444. The summed E-state index contributed by atoms with van der Waals surface area (Å²) in [5, 5.41) is 0. The first-order valence-electron chi connectivity index (χ1n) is 12.0. The Morgan fingerprint density at radius 1 is 1.18 bits per heavy atom. The van der Waals surface area contributed by atoms with Gasteiger partial charge in [0.15, 0.2) is 6.79 Å². The number of aryl methyl sites for hydroxylation is 1. The minimum Gasteiger partial charge on any atom is -0.467 e. The van der Waals surface area contributed by atoms with Crippen molar-refractivity contribution in [3.63, 3.8) is 0 Å². The van der Waals surface area contributed by atoms with Crippen LogP contribution in [-0.2, 0) is 22.7 Å². The molecule has 7 nitrogen and oxygen atoms in total. The normalized spacial score (nSPS) is 19.6. The average Bonchev–Trinajstić information content (AvgIpc) is 2.87. The van der Waals surface area contributed by atoms with Crippen LogP contribution in [0.5, 0.6) is 5.75 Å². The summed E-state index contributed by atoms with van der Waals surface area (Å²) in [6.45, 7) is 5.91. The van der Waals surface area contributed by atoms with Crippen molar-refractivity contribution in [1.82, 2.24) is 14.9 Å². The van der Waals surface area contributed by atoms with Crippen molar-refractivity contribution in [2.75, 3.05) is 31.3 Å². The number of likely N-dealkylation sites (tertiary alicyclic amines) is 1. The van der Waals surface area contributed by atoms with Gasteiger partial charge in [-0.3, -0.25) is 9.78 Å². The molecule has 2 fully saturated rings. The molecule has 2 saturated heterocycles. The Balaban J connectivity index is 1.18. The molecule has 2 aromatic carbocycles. The summed E-state index contributed by atoms with van der Waals surface area (Å²) >= 11 is 0. The second kappa shape index (κ2) is 8.44. The smallest absolute Gasteiger partial charge is 0.229 e. The van der Waals surface area contributed by atoms with Crippen molar-refractivity contribution in [3.8, 4) is 5.75 Å². The SMILES string of the molecule is Cc1cc2c(c(CN3CCCC4(CCN(c5cnc6ccc#cc6n5)CC4)C3=O)c1)OCOC2. The summed E-state index contributed by atoms with van der Waals surface area (Å²) in [4.78, 5) is 27.3. The molecule has 1 amide bonds. The van der Waals surface area contributed by atoms with Crippen molar-refractivity contribution in [2.45, 2.75) is 45.8 Å². The molecule has 3 aromatic rings. The van der Waals surface area contributed by atoms with E-state index in [2.05, 4.69) is 41.1 Å². The zero-order chi connectivity index (χ0) is 23.1. The number of fused-ring (bicyclic) bond motifs is 2. The number of carbonyl (C=O) groups excluding carboxylic acids is 1. The minimum atomic E-state index is -0.285. The van der Waals surface area contributed by atoms with Gasteiger partial charge in [0.2, 0.25) is 5.91 Å². The van der Waals surface area contributed by atoms with Gasteiger partial charge < -0.3 is 19.3 Å². The Kier molecular flexibility index (Phi) is 5.26. The lowest BCUT2D eigenvalue weighted by Crippen LogP contribution is -2.53. The largest absolute Gasteiger partial charge is 0.467 e. The van der Waals surface area contributed by atoms with Crippen LogP contribution in [0.4, 0.5) is 5.82 Å². The van der Waals surface area contributed by atoms with Gasteiger partial charge in [0, 0.05) is 37.3 Å². The van der Waals surface area contributed by atoms with Crippen LogP contribution < -0.4 is 9.64 Å². The number of nitrogens with zero attached hydrogens (tertiary/aromatic N) is 4. The fourth-order valence-electron chi connectivity index (χ4n) is 5.71.